The van der Waals surface area contributed by atoms with Gasteiger partial charge in [-0.3, -0.25) is 4.98 Å². The van der Waals surface area contributed by atoms with Crippen molar-refractivity contribution in [3.05, 3.63) is 60.6 Å². The largest absolute Gasteiger partial charge is 0.368 e. The lowest BCUT2D eigenvalue weighted by Gasteiger charge is -2.35. The Bertz CT molecular complexity index is 1360. The van der Waals surface area contributed by atoms with Crippen molar-refractivity contribution in [3.63, 3.8) is 0 Å². The topological polar surface area (TPSA) is 82.2 Å². The standard InChI is InChI=1S/C20H17F2N5O2S/c21-14-3-4-15(22)19-18(14)16(5-7-23-19)26-8-10-27(11-9-26)30(28,29)17-12-25-20-13(17)2-1-6-24-20/h1-7,12H,8-11H2,(H,24,25). The highest BCUT2D eigenvalue weighted by atomic mass is 32.2. The average Bonchev–Trinajstić information content (AvgIpc) is 3.21. The van der Waals surface area contributed by atoms with Crippen molar-refractivity contribution in [2.24, 2.45) is 0 Å². The monoisotopic (exact) mass is 429 g/mol. The third-order valence-corrected chi connectivity index (χ3v) is 7.32. The molecule has 1 aliphatic rings. The van der Waals surface area contributed by atoms with E-state index < -0.39 is 21.7 Å². The van der Waals surface area contributed by atoms with Crippen LogP contribution in [0.1, 0.15) is 0 Å². The number of hydrogen-bond donors (Lipinski definition) is 1. The number of pyridine rings is 2. The molecule has 4 heterocycles. The summed E-state index contributed by atoms with van der Waals surface area (Å²) in [5.41, 5.74) is 0.981. The Kier molecular flexibility index (Phi) is 4.40. The van der Waals surface area contributed by atoms with E-state index >= 15 is 0 Å². The number of benzene rings is 1. The van der Waals surface area contributed by atoms with E-state index in [9.17, 15) is 17.2 Å². The molecule has 0 radical (unpaired) electrons. The van der Waals surface area contributed by atoms with Crippen LogP contribution in [-0.4, -0.2) is 53.9 Å². The van der Waals surface area contributed by atoms with Gasteiger partial charge < -0.3 is 9.88 Å². The Balaban J connectivity index is 1.43. The second-order valence-corrected chi connectivity index (χ2v) is 8.93. The molecule has 7 nitrogen and oxygen atoms in total. The van der Waals surface area contributed by atoms with Gasteiger partial charge in [-0.15, -0.1) is 0 Å². The zero-order valence-electron chi connectivity index (χ0n) is 15.7. The van der Waals surface area contributed by atoms with Crippen molar-refractivity contribution in [3.8, 4) is 0 Å². The molecule has 1 fully saturated rings. The number of nitrogens with zero attached hydrogens (tertiary/aromatic N) is 4. The van der Waals surface area contributed by atoms with E-state index in [-0.39, 0.29) is 28.9 Å². The molecule has 5 rings (SSSR count). The Morgan fingerprint density at radius 2 is 1.70 bits per heavy atom. The van der Waals surface area contributed by atoms with Crippen LogP contribution in [0, 0.1) is 11.6 Å². The van der Waals surface area contributed by atoms with E-state index in [1.807, 2.05) is 4.90 Å². The molecule has 0 atom stereocenters. The van der Waals surface area contributed by atoms with E-state index in [0.29, 0.717) is 29.8 Å². The summed E-state index contributed by atoms with van der Waals surface area (Å²) in [4.78, 5) is 13.0. The minimum atomic E-state index is -3.72. The molecule has 0 spiro atoms. The van der Waals surface area contributed by atoms with E-state index in [1.54, 1.807) is 24.4 Å². The maximum Gasteiger partial charge on any atom is 0.245 e. The van der Waals surface area contributed by atoms with Gasteiger partial charge in [0.25, 0.3) is 0 Å². The first-order chi connectivity index (χ1) is 14.5. The van der Waals surface area contributed by atoms with Gasteiger partial charge in [-0.25, -0.2) is 22.2 Å². The number of anilines is 1. The summed E-state index contributed by atoms with van der Waals surface area (Å²) in [6.45, 7) is 1.12. The van der Waals surface area contributed by atoms with E-state index in [1.165, 1.54) is 16.7 Å². The van der Waals surface area contributed by atoms with Crippen molar-refractivity contribution in [2.75, 3.05) is 31.1 Å². The average molecular weight is 429 g/mol. The molecule has 0 unspecified atom stereocenters. The van der Waals surface area contributed by atoms with Crippen LogP contribution < -0.4 is 4.90 Å². The van der Waals surface area contributed by atoms with Gasteiger partial charge >= 0.3 is 0 Å². The van der Waals surface area contributed by atoms with Crippen LogP contribution in [-0.2, 0) is 10.0 Å². The lowest BCUT2D eigenvalue weighted by Crippen LogP contribution is -2.48. The molecule has 1 aromatic carbocycles. The van der Waals surface area contributed by atoms with Gasteiger partial charge in [0, 0.05) is 50.2 Å². The molecule has 1 N–H and O–H groups in total. The molecule has 154 valence electrons. The number of piperazine rings is 1. The fraction of sp³-hybridized carbons (Fsp3) is 0.200. The highest BCUT2D eigenvalue weighted by Gasteiger charge is 2.31. The Hall–Kier alpha value is -3.11. The number of aromatic nitrogens is 3. The summed E-state index contributed by atoms with van der Waals surface area (Å²) < 4.78 is 56.2. The summed E-state index contributed by atoms with van der Waals surface area (Å²) in [6.07, 6.45) is 4.48. The Morgan fingerprint density at radius 1 is 0.933 bits per heavy atom. The molecular formula is C20H17F2N5O2S. The number of sulfonamides is 1. The second kappa shape index (κ2) is 6.99. The Morgan fingerprint density at radius 3 is 2.50 bits per heavy atom. The number of H-pyrrole nitrogens is 1. The highest BCUT2D eigenvalue weighted by molar-refractivity contribution is 7.89. The van der Waals surface area contributed by atoms with Crippen molar-refractivity contribution < 1.29 is 17.2 Å². The van der Waals surface area contributed by atoms with Crippen molar-refractivity contribution in [1.82, 2.24) is 19.3 Å². The van der Waals surface area contributed by atoms with Crippen LogP contribution in [0.4, 0.5) is 14.5 Å². The lowest BCUT2D eigenvalue weighted by atomic mass is 10.1. The third kappa shape index (κ3) is 2.91. The zero-order valence-corrected chi connectivity index (χ0v) is 16.5. The smallest absolute Gasteiger partial charge is 0.245 e. The summed E-state index contributed by atoms with van der Waals surface area (Å²) in [5, 5.41) is 0.647. The van der Waals surface area contributed by atoms with Gasteiger partial charge in [-0.1, -0.05) is 0 Å². The third-order valence-electron chi connectivity index (χ3n) is 5.38. The van der Waals surface area contributed by atoms with Crippen LogP contribution in [0.25, 0.3) is 21.9 Å². The highest BCUT2D eigenvalue weighted by Crippen LogP contribution is 2.31. The van der Waals surface area contributed by atoms with Gasteiger partial charge in [0.05, 0.1) is 11.1 Å². The van der Waals surface area contributed by atoms with Gasteiger partial charge in [0.2, 0.25) is 10.0 Å². The molecule has 0 aliphatic carbocycles. The zero-order chi connectivity index (χ0) is 20.9. The molecule has 4 aromatic rings. The fourth-order valence-corrected chi connectivity index (χ4v) is 5.47. The minimum Gasteiger partial charge on any atom is -0.368 e. The summed E-state index contributed by atoms with van der Waals surface area (Å²) >= 11 is 0. The first-order valence-corrected chi connectivity index (χ1v) is 10.8. The van der Waals surface area contributed by atoms with Crippen LogP contribution in [0.5, 0.6) is 0 Å². The quantitative estimate of drug-likeness (QED) is 0.542. The van der Waals surface area contributed by atoms with E-state index in [4.69, 9.17) is 0 Å². The van der Waals surface area contributed by atoms with Crippen molar-refractivity contribution >= 4 is 37.6 Å². The SMILES string of the molecule is O=S(=O)(c1c[nH]c2ncccc12)N1CCN(c2ccnc3c(F)ccc(F)c23)CC1. The van der Waals surface area contributed by atoms with Crippen LogP contribution in [0.3, 0.4) is 0 Å². The molecule has 0 amide bonds. The van der Waals surface area contributed by atoms with Crippen LogP contribution in [0.2, 0.25) is 0 Å². The molecule has 0 saturated carbocycles. The molecule has 3 aromatic heterocycles. The normalized spacial score (nSPS) is 15.9. The Labute approximate surface area is 171 Å². The van der Waals surface area contributed by atoms with E-state index in [0.717, 1.165) is 12.1 Å². The minimum absolute atomic E-state index is 0.0335. The lowest BCUT2D eigenvalue weighted by molar-refractivity contribution is 0.385. The van der Waals surface area contributed by atoms with Crippen molar-refractivity contribution in [1.29, 1.82) is 0 Å². The second-order valence-electron chi connectivity index (χ2n) is 7.03. The molecule has 1 aliphatic heterocycles. The first-order valence-electron chi connectivity index (χ1n) is 9.37. The first kappa shape index (κ1) is 18.9. The van der Waals surface area contributed by atoms with Gasteiger partial charge in [0.1, 0.15) is 27.7 Å². The summed E-state index contributed by atoms with van der Waals surface area (Å²) in [5.74, 6) is -1.15. The maximum absolute atomic E-state index is 14.4. The number of aromatic amines is 1. The van der Waals surface area contributed by atoms with Crippen LogP contribution in [0.15, 0.2) is 53.8 Å². The fourth-order valence-electron chi connectivity index (χ4n) is 3.89. The number of nitrogens with one attached hydrogen (secondary N) is 1. The molecular weight excluding hydrogens is 412 g/mol. The maximum atomic E-state index is 14.4. The molecule has 0 bridgehead atoms. The number of hydrogen-bond acceptors (Lipinski definition) is 5. The van der Waals surface area contributed by atoms with Gasteiger partial charge in [-0.05, 0) is 30.3 Å². The number of halogens is 2. The van der Waals surface area contributed by atoms with E-state index in [2.05, 4.69) is 15.0 Å². The van der Waals surface area contributed by atoms with Crippen molar-refractivity contribution in [2.45, 2.75) is 4.90 Å². The van der Waals surface area contributed by atoms with Gasteiger partial charge in [0.15, 0.2) is 0 Å². The molecule has 1 saturated heterocycles. The molecule has 10 heteroatoms. The number of fused-ring (bicyclic) bond motifs is 2. The summed E-state index contributed by atoms with van der Waals surface area (Å²) in [7, 11) is -3.72. The van der Waals surface area contributed by atoms with Gasteiger partial charge in [-0.2, -0.15) is 4.31 Å². The predicted molar refractivity (Wildman–Crippen MR) is 109 cm³/mol. The number of rotatable bonds is 3. The summed E-state index contributed by atoms with van der Waals surface area (Å²) in [6, 6.07) is 7.15. The molecule has 30 heavy (non-hydrogen) atoms. The van der Waals surface area contributed by atoms with Crippen LogP contribution >= 0.6 is 0 Å². The predicted octanol–water partition coefficient (Wildman–Crippen LogP) is 2.90.